The summed E-state index contributed by atoms with van der Waals surface area (Å²) in [6.45, 7) is 4.10. The number of carbonyl (C=O) groups excluding carboxylic acids is 1. The molecule has 9 heteroatoms. The molecule has 35 heavy (non-hydrogen) atoms. The monoisotopic (exact) mass is 512 g/mol. The summed E-state index contributed by atoms with van der Waals surface area (Å²) >= 11 is 6.04. The Bertz CT molecular complexity index is 1300. The molecule has 0 radical (unpaired) electrons. The van der Waals surface area contributed by atoms with E-state index in [1.165, 1.54) is 9.87 Å². The van der Waals surface area contributed by atoms with Crippen LogP contribution in [-0.4, -0.2) is 72.7 Å². The second kappa shape index (κ2) is 10.2. The lowest BCUT2D eigenvalue weighted by Gasteiger charge is -2.38. The van der Waals surface area contributed by atoms with Crippen molar-refractivity contribution in [2.24, 2.45) is 5.92 Å². The maximum Gasteiger partial charge on any atom is 0.243 e. The minimum Gasteiger partial charge on any atom is -0.340 e. The summed E-state index contributed by atoms with van der Waals surface area (Å²) in [5, 5.41) is 2.35. The van der Waals surface area contributed by atoms with Crippen LogP contribution in [0.4, 0.5) is 0 Å². The number of hydrogen-bond donors (Lipinski definition) is 0. The molecule has 1 aromatic heterocycles. The number of halogens is 1. The van der Waals surface area contributed by atoms with Gasteiger partial charge in [-0.15, -0.1) is 0 Å². The third-order valence-electron chi connectivity index (χ3n) is 7.03. The lowest BCUT2D eigenvalue weighted by Crippen LogP contribution is -2.52. The Morgan fingerprint density at radius 3 is 2.37 bits per heavy atom. The Hall–Kier alpha value is -2.52. The van der Waals surface area contributed by atoms with E-state index in [9.17, 15) is 13.2 Å². The number of pyridine rings is 1. The molecule has 0 bridgehead atoms. The third-order valence-corrected chi connectivity index (χ3v) is 9.16. The molecule has 7 nitrogen and oxygen atoms in total. The number of amides is 1. The summed E-state index contributed by atoms with van der Waals surface area (Å²) in [6, 6.07) is 14.5. The summed E-state index contributed by atoms with van der Waals surface area (Å²) in [4.78, 5) is 21.8. The van der Waals surface area contributed by atoms with Gasteiger partial charge in [-0.25, -0.2) is 8.42 Å². The number of hydrogen-bond acceptors (Lipinski definition) is 5. The van der Waals surface area contributed by atoms with Crippen molar-refractivity contribution >= 4 is 38.3 Å². The standard InChI is InChI=1S/C26H29ClN4O3S/c27-24-5-3-23-17-25(6-4-22(23)16-24)35(33,34)31-14-12-30(13-15-31)26(32)21-7-10-29(11-8-21)19-20-2-1-9-28-18-20/h1-6,9,16-18,21H,7-8,10-15,19H2. The van der Waals surface area contributed by atoms with E-state index in [0.29, 0.717) is 31.2 Å². The molecule has 0 atom stereocenters. The molecule has 2 aliphatic rings. The third kappa shape index (κ3) is 5.35. The SMILES string of the molecule is O=C(C1CCN(Cc2cccnc2)CC1)N1CCN(S(=O)(=O)c2ccc3cc(Cl)ccc3c2)CC1. The van der Waals surface area contributed by atoms with Gasteiger partial charge in [0.15, 0.2) is 0 Å². The van der Waals surface area contributed by atoms with Crippen molar-refractivity contribution in [1.29, 1.82) is 0 Å². The predicted molar refractivity (Wildman–Crippen MR) is 137 cm³/mol. The fourth-order valence-electron chi connectivity index (χ4n) is 5.00. The van der Waals surface area contributed by atoms with Crippen LogP contribution in [0.25, 0.3) is 10.8 Å². The van der Waals surface area contributed by atoms with Crippen molar-refractivity contribution in [3.8, 4) is 0 Å². The zero-order valence-corrected chi connectivity index (χ0v) is 21.1. The summed E-state index contributed by atoms with van der Waals surface area (Å²) in [5.74, 6) is 0.168. The molecule has 1 amide bonds. The summed E-state index contributed by atoms with van der Waals surface area (Å²) in [6.07, 6.45) is 5.33. The van der Waals surface area contributed by atoms with Crippen molar-refractivity contribution in [3.63, 3.8) is 0 Å². The molecule has 5 rings (SSSR count). The fraction of sp³-hybridized carbons (Fsp3) is 0.385. The van der Waals surface area contributed by atoms with Crippen LogP contribution in [0.2, 0.25) is 5.02 Å². The van der Waals surface area contributed by atoms with Gasteiger partial charge in [0.2, 0.25) is 15.9 Å². The summed E-state index contributed by atoms with van der Waals surface area (Å²) in [7, 11) is -3.62. The Labute approximate surface area is 211 Å². The maximum absolute atomic E-state index is 13.2. The van der Waals surface area contributed by atoms with E-state index in [1.807, 2.05) is 29.3 Å². The van der Waals surface area contributed by atoms with Crippen LogP contribution in [0.3, 0.4) is 0 Å². The van der Waals surface area contributed by atoms with Crippen LogP contribution >= 0.6 is 11.6 Å². The second-order valence-electron chi connectivity index (χ2n) is 9.29. The Morgan fingerprint density at radius 1 is 0.943 bits per heavy atom. The number of aromatic nitrogens is 1. The molecule has 2 saturated heterocycles. The minimum atomic E-state index is -3.62. The highest BCUT2D eigenvalue weighted by molar-refractivity contribution is 7.89. The fourth-order valence-corrected chi connectivity index (χ4v) is 6.64. The van der Waals surface area contributed by atoms with Crippen molar-refractivity contribution < 1.29 is 13.2 Å². The molecule has 3 heterocycles. The van der Waals surface area contributed by atoms with Crippen molar-refractivity contribution in [2.45, 2.75) is 24.3 Å². The number of likely N-dealkylation sites (tertiary alicyclic amines) is 1. The first-order chi connectivity index (χ1) is 16.9. The highest BCUT2D eigenvalue weighted by Crippen LogP contribution is 2.26. The van der Waals surface area contributed by atoms with Crippen LogP contribution in [0.15, 0.2) is 65.8 Å². The maximum atomic E-state index is 13.2. The van der Waals surface area contributed by atoms with E-state index in [-0.39, 0.29) is 16.7 Å². The number of piperidine rings is 1. The number of fused-ring (bicyclic) bond motifs is 1. The van der Waals surface area contributed by atoms with Gasteiger partial charge in [-0.2, -0.15) is 4.31 Å². The number of rotatable bonds is 5. The van der Waals surface area contributed by atoms with Crippen molar-refractivity contribution in [3.05, 3.63) is 71.5 Å². The number of carbonyl (C=O) groups is 1. The van der Waals surface area contributed by atoms with E-state index >= 15 is 0 Å². The van der Waals surface area contributed by atoms with Gasteiger partial charge in [-0.1, -0.05) is 29.8 Å². The zero-order chi connectivity index (χ0) is 24.4. The van der Waals surface area contributed by atoms with Crippen molar-refractivity contribution in [1.82, 2.24) is 19.1 Å². The highest BCUT2D eigenvalue weighted by atomic mass is 35.5. The summed E-state index contributed by atoms with van der Waals surface area (Å²) < 4.78 is 28.0. The van der Waals surface area contributed by atoms with Crippen LogP contribution in [-0.2, 0) is 21.4 Å². The lowest BCUT2D eigenvalue weighted by atomic mass is 9.94. The molecular weight excluding hydrogens is 484 g/mol. The lowest BCUT2D eigenvalue weighted by molar-refractivity contribution is -0.138. The topological polar surface area (TPSA) is 73.8 Å². The average Bonchev–Trinajstić information content (AvgIpc) is 2.89. The minimum absolute atomic E-state index is 0.00983. The van der Waals surface area contributed by atoms with E-state index in [1.54, 1.807) is 30.5 Å². The smallest absolute Gasteiger partial charge is 0.243 e. The van der Waals surface area contributed by atoms with Crippen LogP contribution in [0.1, 0.15) is 18.4 Å². The van der Waals surface area contributed by atoms with Gasteiger partial charge in [-0.3, -0.25) is 14.7 Å². The number of nitrogens with zero attached hydrogens (tertiary/aromatic N) is 4. The molecule has 0 spiro atoms. The Kier molecular flexibility index (Phi) is 7.07. The van der Waals surface area contributed by atoms with Gasteiger partial charge in [0.25, 0.3) is 0 Å². The van der Waals surface area contributed by atoms with E-state index in [2.05, 4.69) is 16.0 Å². The van der Waals surface area contributed by atoms with Gasteiger partial charge in [-0.05, 0) is 72.6 Å². The van der Waals surface area contributed by atoms with Crippen LogP contribution in [0, 0.1) is 5.92 Å². The Balaban J connectivity index is 1.16. The van der Waals surface area contributed by atoms with Crippen LogP contribution < -0.4 is 0 Å². The molecule has 184 valence electrons. The quantitative estimate of drug-likeness (QED) is 0.522. The van der Waals surface area contributed by atoms with Gasteiger partial charge in [0.1, 0.15) is 0 Å². The Morgan fingerprint density at radius 2 is 1.66 bits per heavy atom. The van der Waals surface area contributed by atoms with Crippen LogP contribution in [0.5, 0.6) is 0 Å². The largest absolute Gasteiger partial charge is 0.340 e. The molecule has 2 aliphatic heterocycles. The predicted octanol–water partition coefficient (Wildman–Crippen LogP) is 3.63. The van der Waals surface area contributed by atoms with Gasteiger partial charge in [0, 0.05) is 56.1 Å². The van der Waals surface area contributed by atoms with E-state index < -0.39 is 10.0 Å². The van der Waals surface area contributed by atoms with Gasteiger partial charge >= 0.3 is 0 Å². The van der Waals surface area contributed by atoms with Crippen molar-refractivity contribution in [2.75, 3.05) is 39.3 Å². The number of sulfonamides is 1. The van der Waals surface area contributed by atoms with E-state index in [4.69, 9.17) is 11.6 Å². The normalized spacial score (nSPS) is 18.7. The van der Waals surface area contributed by atoms with Gasteiger partial charge < -0.3 is 4.90 Å². The molecule has 0 N–H and O–H groups in total. The first-order valence-electron chi connectivity index (χ1n) is 12.0. The molecule has 2 aromatic carbocycles. The van der Waals surface area contributed by atoms with E-state index in [0.717, 1.165) is 43.2 Å². The first kappa shape index (κ1) is 24.2. The first-order valence-corrected chi connectivity index (χ1v) is 13.8. The molecule has 0 unspecified atom stereocenters. The second-order valence-corrected chi connectivity index (χ2v) is 11.7. The zero-order valence-electron chi connectivity index (χ0n) is 19.5. The number of piperazine rings is 1. The molecule has 0 aliphatic carbocycles. The average molecular weight is 513 g/mol. The highest BCUT2D eigenvalue weighted by Gasteiger charge is 2.34. The van der Waals surface area contributed by atoms with Gasteiger partial charge in [0.05, 0.1) is 4.90 Å². The summed E-state index contributed by atoms with van der Waals surface area (Å²) in [5.41, 5.74) is 1.19. The molecule has 2 fully saturated rings. The number of benzene rings is 2. The molecular formula is C26H29ClN4O3S. The molecule has 0 saturated carbocycles. The molecule has 3 aromatic rings.